The Morgan fingerprint density at radius 3 is 2.05 bits per heavy atom. The van der Waals surface area contributed by atoms with E-state index in [2.05, 4.69) is 16.5 Å². The summed E-state index contributed by atoms with van der Waals surface area (Å²) in [4.78, 5) is 18.7. The van der Waals surface area contributed by atoms with Crippen LogP contribution in [0.1, 0.15) is 23.6 Å². The maximum atomic E-state index is 13.2. The maximum Gasteiger partial charge on any atom is 0.266 e. The Hall–Kier alpha value is -5.61. The largest absolute Gasteiger partial charge is 0.497 e. The molecule has 1 N–H and O–H groups in total. The van der Waals surface area contributed by atoms with E-state index >= 15 is 0 Å². The Labute approximate surface area is 245 Å². The van der Waals surface area contributed by atoms with Crippen LogP contribution in [0, 0.1) is 11.3 Å². The van der Waals surface area contributed by atoms with Crippen LogP contribution in [-0.4, -0.2) is 29.9 Å². The number of hydrogen-bond acceptors (Lipinski definition) is 5. The minimum atomic E-state index is -0.427. The van der Waals surface area contributed by atoms with Crippen molar-refractivity contribution in [2.75, 3.05) is 19.0 Å². The molecule has 0 aliphatic heterocycles. The molecule has 0 atom stereocenters. The molecule has 5 aromatic rings. The number of nitrogens with one attached hydrogen (secondary N) is 1. The van der Waals surface area contributed by atoms with E-state index < -0.39 is 5.91 Å². The summed E-state index contributed by atoms with van der Waals surface area (Å²) in [7, 11) is 1.61. The van der Waals surface area contributed by atoms with E-state index in [1.807, 2.05) is 120 Å². The van der Waals surface area contributed by atoms with Crippen LogP contribution in [0.5, 0.6) is 5.75 Å². The zero-order valence-corrected chi connectivity index (χ0v) is 23.5. The molecule has 0 saturated heterocycles. The monoisotopic (exact) mass is 554 g/mol. The number of nitrogens with zero attached hydrogens (tertiary/aromatic N) is 3. The van der Waals surface area contributed by atoms with Gasteiger partial charge >= 0.3 is 0 Å². The van der Waals surface area contributed by atoms with Gasteiger partial charge in [-0.15, -0.1) is 0 Å². The van der Waals surface area contributed by atoms with Gasteiger partial charge in [0.25, 0.3) is 5.91 Å². The van der Waals surface area contributed by atoms with Gasteiger partial charge in [0.15, 0.2) is 6.61 Å². The van der Waals surface area contributed by atoms with Gasteiger partial charge in [-0.25, -0.2) is 0 Å². The number of benzene rings is 4. The van der Waals surface area contributed by atoms with Crippen molar-refractivity contribution in [3.63, 3.8) is 0 Å². The molecule has 42 heavy (non-hydrogen) atoms. The number of hydrogen-bond donors (Lipinski definition) is 1. The third-order valence-corrected chi connectivity index (χ3v) is 6.83. The second-order valence-corrected chi connectivity index (χ2v) is 9.59. The van der Waals surface area contributed by atoms with E-state index in [-0.39, 0.29) is 6.61 Å². The Morgan fingerprint density at radius 1 is 0.857 bits per heavy atom. The summed E-state index contributed by atoms with van der Waals surface area (Å²) in [5.74, 6) is 0.718. The van der Waals surface area contributed by atoms with E-state index in [1.165, 1.54) is 0 Å². The van der Waals surface area contributed by atoms with Gasteiger partial charge in [-0.3, -0.25) is 4.79 Å². The van der Waals surface area contributed by atoms with Crippen molar-refractivity contribution in [2.45, 2.75) is 13.5 Å². The molecular formula is C35H30N4O3. The number of methoxy groups -OCH3 is 1. The van der Waals surface area contributed by atoms with Crippen molar-refractivity contribution in [2.24, 2.45) is 5.16 Å². The smallest absolute Gasteiger partial charge is 0.266 e. The average Bonchev–Trinajstić information content (AvgIpc) is 3.34. The normalized spacial score (nSPS) is 11.0. The molecule has 0 fully saturated rings. The third-order valence-electron chi connectivity index (χ3n) is 6.83. The quantitative estimate of drug-likeness (QED) is 0.147. The fraction of sp³-hybridized carbons (Fsp3) is 0.114. The van der Waals surface area contributed by atoms with Gasteiger partial charge < -0.3 is 19.5 Å². The molecule has 0 aliphatic carbocycles. The van der Waals surface area contributed by atoms with Crippen LogP contribution in [0.15, 0.2) is 120 Å². The van der Waals surface area contributed by atoms with Crippen molar-refractivity contribution in [3.8, 4) is 34.2 Å². The van der Waals surface area contributed by atoms with Crippen molar-refractivity contribution in [1.29, 1.82) is 5.26 Å². The molecular weight excluding hydrogens is 524 g/mol. The predicted octanol–water partition coefficient (Wildman–Crippen LogP) is 7.13. The summed E-state index contributed by atoms with van der Waals surface area (Å²) in [6.45, 7) is 1.92. The summed E-state index contributed by atoms with van der Waals surface area (Å²) >= 11 is 0. The summed E-state index contributed by atoms with van der Waals surface area (Å²) in [5.41, 5.74) is 6.28. The summed E-state index contributed by atoms with van der Waals surface area (Å²) in [5, 5.41) is 17.6. The average molecular weight is 555 g/mol. The number of anilines is 1. The predicted molar refractivity (Wildman–Crippen MR) is 165 cm³/mol. The fourth-order valence-corrected chi connectivity index (χ4v) is 4.80. The van der Waals surface area contributed by atoms with Gasteiger partial charge in [0.2, 0.25) is 0 Å². The van der Waals surface area contributed by atoms with Crippen LogP contribution in [0.4, 0.5) is 5.82 Å². The number of aromatic nitrogens is 1. The first-order valence-electron chi connectivity index (χ1n) is 13.5. The second-order valence-electron chi connectivity index (χ2n) is 9.59. The van der Waals surface area contributed by atoms with Gasteiger partial charge in [0.1, 0.15) is 23.2 Å². The molecule has 208 valence electrons. The van der Waals surface area contributed by atoms with Crippen LogP contribution in [0.3, 0.4) is 0 Å². The lowest BCUT2D eigenvalue weighted by atomic mass is 9.98. The van der Waals surface area contributed by atoms with Crippen LogP contribution in [0.2, 0.25) is 0 Å². The van der Waals surface area contributed by atoms with Crippen LogP contribution in [0.25, 0.3) is 22.4 Å². The molecule has 1 amide bonds. The Kier molecular flexibility index (Phi) is 8.76. The minimum absolute atomic E-state index is 0.323. The molecule has 0 radical (unpaired) electrons. The molecule has 7 heteroatoms. The highest BCUT2D eigenvalue weighted by molar-refractivity contribution is 5.99. The summed E-state index contributed by atoms with van der Waals surface area (Å²) in [6, 6.07) is 39.4. The number of amides is 1. The molecule has 5 rings (SSSR count). The molecule has 4 aromatic carbocycles. The van der Waals surface area contributed by atoms with Crippen molar-refractivity contribution in [1.82, 2.24) is 4.57 Å². The standard InChI is InChI=1S/C35H30N4O3/c1-25(27-18-20-30(41-2)21-19-27)38-42-24-32(40)37-35-31(22-36)33(28-14-8-4-9-15-28)34(29-16-10-5-11-17-29)39(35)23-26-12-6-3-7-13-26/h3-21H,23-24H2,1-2H3,(H,37,40)/b38-25-. The van der Waals surface area contributed by atoms with E-state index in [4.69, 9.17) is 9.57 Å². The van der Waals surface area contributed by atoms with E-state index in [0.717, 1.165) is 39.3 Å². The summed E-state index contributed by atoms with van der Waals surface area (Å²) in [6.07, 6.45) is 0. The van der Waals surface area contributed by atoms with Crippen LogP contribution < -0.4 is 10.1 Å². The zero-order valence-electron chi connectivity index (χ0n) is 23.5. The van der Waals surface area contributed by atoms with Gasteiger partial charge in [-0.05, 0) is 53.4 Å². The lowest BCUT2D eigenvalue weighted by Crippen LogP contribution is -2.20. The van der Waals surface area contributed by atoms with Gasteiger partial charge in [-0.1, -0.05) is 96.2 Å². The first-order valence-corrected chi connectivity index (χ1v) is 13.5. The molecule has 0 spiro atoms. The Morgan fingerprint density at radius 2 is 1.45 bits per heavy atom. The molecule has 0 saturated carbocycles. The van der Waals surface area contributed by atoms with E-state index in [9.17, 15) is 10.1 Å². The van der Waals surface area contributed by atoms with Gasteiger partial charge in [0.05, 0.1) is 18.5 Å². The van der Waals surface area contributed by atoms with Crippen LogP contribution in [-0.2, 0) is 16.2 Å². The number of rotatable bonds is 10. The topological polar surface area (TPSA) is 88.6 Å². The molecule has 1 heterocycles. The zero-order chi connectivity index (χ0) is 29.3. The molecule has 0 bridgehead atoms. The van der Waals surface area contributed by atoms with Crippen molar-refractivity contribution in [3.05, 3.63) is 132 Å². The SMILES string of the molecule is COc1ccc(/C(C)=N\OCC(=O)Nc2c(C#N)c(-c3ccccc3)c(-c3ccccc3)n2Cc2ccccc2)cc1. The number of carbonyl (C=O) groups excluding carboxylic acids is 1. The number of nitriles is 1. The highest BCUT2D eigenvalue weighted by Gasteiger charge is 2.26. The van der Waals surface area contributed by atoms with E-state index in [0.29, 0.717) is 23.6 Å². The Bertz CT molecular complexity index is 1720. The van der Waals surface area contributed by atoms with E-state index in [1.54, 1.807) is 14.0 Å². The molecule has 0 aliphatic rings. The highest BCUT2D eigenvalue weighted by atomic mass is 16.6. The van der Waals surface area contributed by atoms with Gasteiger partial charge in [-0.2, -0.15) is 5.26 Å². The molecule has 0 unspecified atom stereocenters. The molecule has 7 nitrogen and oxygen atoms in total. The third kappa shape index (κ3) is 6.24. The number of carbonyl (C=O) groups is 1. The minimum Gasteiger partial charge on any atom is -0.497 e. The fourth-order valence-electron chi connectivity index (χ4n) is 4.80. The lowest BCUT2D eigenvalue weighted by Gasteiger charge is -2.15. The highest BCUT2D eigenvalue weighted by Crippen LogP contribution is 2.42. The first-order chi connectivity index (χ1) is 20.6. The van der Waals surface area contributed by atoms with Gasteiger partial charge in [0, 0.05) is 12.1 Å². The van der Waals surface area contributed by atoms with Crippen molar-refractivity contribution < 1.29 is 14.4 Å². The number of oxime groups is 1. The first kappa shape index (κ1) is 27.9. The maximum absolute atomic E-state index is 13.2. The lowest BCUT2D eigenvalue weighted by molar-refractivity contribution is -0.120. The second kappa shape index (κ2) is 13.2. The Balaban J connectivity index is 1.52. The summed E-state index contributed by atoms with van der Waals surface area (Å²) < 4.78 is 7.20. The van der Waals surface area contributed by atoms with Crippen LogP contribution >= 0.6 is 0 Å². The number of ether oxygens (including phenoxy) is 1. The van der Waals surface area contributed by atoms with Crippen molar-refractivity contribution >= 4 is 17.4 Å². The molecule has 1 aromatic heterocycles.